The van der Waals surface area contributed by atoms with Crippen LogP contribution in [0, 0.1) is 23.2 Å². The number of nitrogens with zero attached hydrogens (tertiary/aromatic N) is 4. The zero-order chi connectivity index (χ0) is 31.1. The van der Waals surface area contributed by atoms with Crippen molar-refractivity contribution in [3.63, 3.8) is 0 Å². The van der Waals surface area contributed by atoms with Gasteiger partial charge in [0.05, 0.1) is 84.4 Å². The van der Waals surface area contributed by atoms with Crippen molar-refractivity contribution in [2.45, 2.75) is 38.2 Å². The first-order valence-electron chi connectivity index (χ1n) is 13.5. The molecular weight excluding hydrogens is 566 g/mol. The van der Waals surface area contributed by atoms with E-state index in [0.29, 0.717) is 58.5 Å². The molecule has 2 aromatic rings. The highest BCUT2D eigenvalue weighted by atomic mass is 16.6. The number of ether oxygens (including phenoxy) is 5. The van der Waals surface area contributed by atoms with E-state index in [-0.39, 0.29) is 26.1 Å². The number of hydrogen-bond donors (Lipinski definition) is 4. The number of aliphatic hydroxyl groups is 2. The monoisotopic (exact) mass is 603 g/mol. The van der Waals surface area contributed by atoms with Crippen molar-refractivity contribution >= 4 is 11.9 Å². The van der Waals surface area contributed by atoms with E-state index in [1.807, 2.05) is 12.1 Å². The summed E-state index contributed by atoms with van der Waals surface area (Å²) in [5, 5.41) is 45.9. The number of aliphatic carboxylic acids is 1. The molecular formula is C28H37N5O10. The lowest BCUT2D eigenvalue weighted by atomic mass is 10.1. The molecule has 1 aromatic carbocycles. The predicted molar refractivity (Wildman–Crippen MR) is 148 cm³/mol. The van der Waals surface area contributed by atoms with Crippen LogP contribution < -0.4 is 5.32 Å². The maximum absolute atomic E-state index is 11.9. The van der Waals surface area contributed by atoms with Crippen molar-refractivity contribution in [1.82, 2.24) is 20.3 Å². The summed E-state index contributed by atoms with van der Waals surface area (Å²) in [7, 11) is 0. The van der Waals surface area contributed by atoms with E-state index >= 15 is 0 Å². The molecule has 1 atom stereocenters. The number of aromatic nitrogens is 3. The predicted octanol–water partition coefficient (Wildman–Crippen LogP) is -0.224. The maximum Gasteiger partial charge on any atom is 0.305 e. The summed E-state index contributed by atoms with van der Waals surface area (Å²) in [4.78, 5) is 22.7. The van der Waals surface area contributed by atoms with Gasteiger partial charge in [0, 0.05) is 30.4 Å². The van der Waals surface area contributed by atoms with Crippen LogP contribution in [0.2, 0.25) is 0 Å². The third kappa shape index (κ3) is 16.9. The van der Waals surface area contributed by atoms with Gasteiger partial charge in [-0.15, -0.1) is 5.10 Å². The van der Waals surface area contributed by atoms with Gasteiger partial charge in [-0.25, -0.2) is 4.68 Å². The summed E-state index contributed by atoms with van der Waals surface area (Å²) in [6.45, 7) is 3.35. The fraction of sp³-hybridized carbons (Fsp3) is 0.536. The lowest BCUT2D eigenvalue weighted by Gasteiger charge is -2.17. The van der Waals surface area contributed by atoms with Crippen LogP contribution in [-0.4, -0.2) is 114 Å². The molecule has 0 spiro atoms. The summed E-state index contributed by atoms with van der Waals surface area (Å²) >= 11 is 0. The van der Waals surface area contributed by atoms with E-state index in [1.165, 1.54) is 0 Å². The Bertz CT molecular complexity index is 1190. The summed E-state index contributed by atoms with van der Waals surface area (Å²) in [5.41, 5.74) is 2.23. The van der Waals surface area contributed by atoms with Gasteiger partial charge in [0.15, 0.2) is 12.4 Å². The number of carboxylic acid groups (broad SMARTS) is 1. The fourth-order valence-electron chi connectivity index (χ4n) is 3.47. The molecule has 1 aromatic heterocycles. The Balaban J connectivity index is 1.38. The molecule has 1 unspecified atom stereocenters. The van der Waals surface area contributed by atoms with Crippen LogP contribution in [0.25, 0.3) is 5.69 Å². The second kappa shape index (κ2) is 21.7. The number of nitriles is 1. The number of hydrogen-bond acceptors (Lipinski definition) is 12. The third-order valence-electron chi connectivity index (χ3n) is 5.43. The summed E-state index contributed by atoms with van der Waals surface area (Å²) in [5.74, 6) is 3.49. The zero-order valence-corrected chi connectivity index (χ0v) is 23.7. The van der Waals surface area contributed by atoms with Gasteiger partial charge in [-0.05, 0) is 24.3 Å². The molecule has 0 aliphatic carbocycles. The Kier molecular flexibility index (Phi) is 17.8. The summed E-state index contributed by atoms with van der Waals surface area (Å²) in [6.07, 6.45) is -0.617. The van der Waals surface area contributed by atoms with Crippen LogP contribution >= 0.6 is 0 Å². The molecule has 0 radical (unpaired) electrons. The van der Waals surface area contributed by atoms with E-state index in [4.69, 9.17) is 44.3 Å². The van der Waals surface area contributed by atoms with Gasteiger partial charge in [-0.1, -0.05) is 11.1 Å². The lowest BCUT2D eigenvalue weighted by molar-refractivity contribution is -0.138. The second-order valence-corrected chi connectivity index (χ2v) is 8.89. The molecule has 0 saturated heterocycles. The molecule has 0 saturated carbocycles. The van der Waals surface area contributed by atoms with E-state index in [2.05, 4.69) is 27.5 Å². The molecule has 2 rings (SSSR count). The molecule has 0 aliphatic rings. The Labute approximate surface area is 249 Å². The molecule has 234 valence electrons. The average Bonchev–Trinajstić information content (AvgIpc) is 3.44. The van der Waals surface area contributed by atoms with E-state index in [1.54, 1.807) is 29.1 Å². The van der Waals surface area contributed by atoms with Crippen molar-refractivity contribution < 1.29 is 48.6 Å². The van der Waals surface area contributed by atoms with Gasteiger partial charge >= 0.3 is 5.97 Å². The quantitative estimate of drug-likeness (QED) is 0.0737. The highest BCUT2D eigenvalue weighted by molar-refractivity contribution is 5.77. The number of carbonyl (C=O) groups is 2. The highest BCUT2D eigenvalue weighted by Gasteiger charge is 2.18. The Morgan fingerprint density at radius 3 is 2.05 bits per heavy atom. The molecule has 0 bridgehead atoms. The second-order valence-electron chi connectivity index (χ2n) is 8.89. The number of carbonyl (C=O) groups excluding carboxylic acids is 1. The van der Waals surface area contributed by atoms with Crippen molar-refractivity contribution in [3.8, 4) is 23.6 Å². The largest absolute Gasteiger partial charge is 0.481 e. The molecule has 15 heteroatoms. The van der Waals surface area contributed by atoms with Crippen LogP contribution in [0.5, 0.6) is 0 Å². The highest BCUT2D eigenvalue weighted by Crippen LogP contribution is 2.09. The number of benzene rings is 1. The Morgan fingerprint density at radius 1 is 0.907 bits per heavy atom. The van der Waals surface area contributed by atoms with Crippen molar-refractivity contribution in [1.29, 1.82) is 5.26 Å². The molecule has 15 nitrogen and oxygen atoms in total. The van der Waals surface area contributed by atoms with Crippen molar-refractivity contribution in [3.05, 3.63) is 41.7 Å². The number of aliphatic hydroxyl groups excluding tert-OH is 1. The van der Waals surface area contributed by atoms with Gasteiger partial charge in [0.2, 0.25) is 5.91 Å². The van der Waals surface area contributed by atoms with Crippen LogP contribution in [0.4, 0.5) is 0 Å². The molecule has 4 N–H and O–H groups in total. The van der Waals surface area contributed by atoms with Crippen LogP contribution in [0.3, 0.4) is 0 Å². The number of amides is 1. The Hall–Kier alpha value is -3.93. The molecule has 0 aliphatic heterocycles. The molecule has 1 heterocycles. The minimum Gasteiger partial charge on any atom is -0.481 e. The third-order valence-corrected chi connectivity index (χ3v) is 5.43. The van der Waals surface area contributed by atoms with Gasteiger partial charge < -0.3 is 44.3 Å². The minimum absolute atomic E-state index is 0.00518. The SMILES string of the molecule is N#CC#Cc1ccc(-n2cc(COCCOCCOCCOCCOCCC(=O)NC(CC(=O)O)CC(O)O)nn2)cc1. The summed E-state index contributed by atoms with van der Waals surface area (Å²) in [6, 6.07) is 8.18. The number of rotatable bonds is 23. The summed E-state index contributed by atoms with van der Waals surface area (Å²) < 4.78 is 28.8. The smallest absolute Gasteiger partial charge is 0.305 e. The minimum atomic E-state index is -1.71. The first-order chi connectivity index (χ1) is 20.9. The lowest BCUT2D eigenvalue weighted by Crippen LogP contribution is -2.39. The van der Waals surface area contributed by atoms with E-state index in [9.17, 15) is 9.59 Å². The van der Waals surface area contributed by atoms with E-state index in [0.717, 1.165) is 11.3 Å². The number of nitrogens with one attached hydrogen (secondary N) is 1. The first kappa shape index (κ1) is 35.3. The number of carboxylic acids is 1. The first-order valence-corrected chi connectivity index (χ1v) is 13.5. The standard InChI is InChI=1S/C28H37N5O10/c29-8-1-2-22-3-5-25(6-4-22)33-20-24(31-32-33)21-43-17-16-42-15-14-41-13-12-40-11-10-39-9-7-26(34)30-23(18-27(35)36)19-28(37)38/h3-6,20,23,27,35-36H,7,9-19,21H2,(H,30,34)(H,37,38). The van der Waals surface area contributed by atoms with Crippen LogP contribution in [-0.2, 0) is 39.9 Å². The zero-order valence-electron chi connectivity index (χ0n) is 23.7. The van der Waals surface area contributed by atoms with Gasteiger partial charge in [-0.3, -0.25) is 9.59 Å². The normalized spacial score (nSPS) is 11.5. The van der Waals surface area contributed by atoms with Crippen molar-refractivity contribution in [2.75, 3.05) is 59.5 Å². The van der Waals surface area contributed by atoms with Gasteiger partial charge in [0.1, 0.15) is 5.69 Å². The topological polar surface area (TPSA) is 208 Å². The van der Waals surface area contributed by atoms with Crippen LogP contribution in [0.15, 0.2) is 30.5 Å². The average molecular weight is 604 g/mol. The van der Waals surface area contributed by atoms with Crippen molar-refractivity contribution in [2.24, 2.45) is 0 Å². The maximum atomic E-state index is 11.9. The molecule has 1 amide bonds. The Morgan fingerprint density at radius 2 is 1.49 bits per heavy atom. The van der Waals surface area contributed by atoms with Gasteiger partial charge in [0.25, 0.3) is 0 Å². The van der Waals surface area contributed by atoms with Gasteiger partial charge in [-0.2, -0.15) is 5.26 Å². The fourth-order valence-corrected chi connectivity index (χ4v) is 3.47. The van der Waals surface area contributed by atoms with E-state index < -0.39 is 30.6 Å². The molecule has 43 heavy (non-hydrogen) atoms. The van der Waals surface area contributed by atoms with Crippen LogP contribution in [0.1, 0.15) is 30.5 Å². The molecule has 0 fully saturated rings.